The van der Waals surface area contributed by atoms with E-state index in [0.29, 0.717) is 5.16 Å². The van der Waals surface area contributed by atoms with Crippen LogP contribution in [-0.2, 0) is 4.79 Å². The van der Waals surface area contributed by atoms with Crippen LogP contribution in [0.25, 0.3) is 0 Å². The highest BCUT2D eigenvalue weighted by Crippen LogP contribution is 2.22. The van der Waals surface area contributed by atoms with Crippen molar-refractivity contribution in [3.8, 4) is 0 Å². The van der Waals surface area contributed by atoms with Crippen LogP contribution in [0.2, 0.25) is 0 Å². The molecule has 0 aliphatic heterocycles. The average Bonchev–Trinajstić information content (AvgIpc) is 2.40. The van der Waals surface area contributed by atoms with Crippen LogP contribution in [0, 0.1) is 6.92 Å². The number of rotatable bonds is 4. The SMILES string of the molecule is Cc1ccc(NC(=O)C(C)Sc2nc(N)cc(N)n2)cc1. The number of nitrogens with zero attached hydrogens (tertiary/aromatic N) is 2. The smallest absolute Gasteiger partial charge is 0.237 e. The maximum absolute atomic E-state index is 12.1. The Labute approximate surface area is 127 Å². The molecule has 1 heterocycles. The number of nitrogens with two attached hydrogens (primary N) is 2. The summed E-state index contributed by atoms with van der Waals surface area (Å²) >= 11 is 1.21. The number of anilines is 3. The lowest BCUT2D eigenvalue weighted by Gasteiger charge is -2.11. The average molecular weight is 303 g/mol. The number of benzene rings is 1. The fourth-order valence-electron chi connectivity index (χ4n) is 1.61. The highest BCUT2D eigenvalue weighted by atomic mass is 32.2. The number of aryl methyl sites for hydroxylation is 1. The maximum atomic E-state index is 12.1. The first-order chi connectivity index (χ1) is 9.94. The molecule has 0 radical (unpaired) electrons. The van der Waals surface area contributed by atoms with E-state index in [4.69, 9.17) is 11.5 Å². The van der Waals surface area contributed by atoms with Gasteiger partial charge in [-0.2, -0.15) is 0 Å². The van der Waals surface area contributed by atoms with Crippen LogP contribution >= 0.6 is 11.8 Å². The summed E-state index contributed by atoms with van der Waals surface area (Å²) in [5.74, 6) is 0.445. The molecule has 0 saturated carbocycles. The van der Waals surface area contributed by atoms with Crippen LogP contribution in [0.15, 0.2) is 35.5 Å². The number of hydrogen-bond acceptors (Lipinski definition) is 6. The van der Waals surface area contributed by atoms with Gasteiger partial charge in [0.1, 0.15) is 11.6 Å². The van der Waals surface area contributed by atoms with E-state index in [0.717, 1.165) is 11.3 Å². The zero-order valence-corrected chi connectivity index (χ0v) is 12.6. The molecule has 2 rings (SSSR count). The number of amides is 1. The maximum Gasteiger partial charge on any atom is 0.237 e. The molecule has 0 spiro atoms. The second-order valence-electron chi connectivity index (χ2n) is 4.62. The summed E-state index contributed by atoms with van der Waals surface area (Å²) in [4.78, 5) is 20.2. The van der Waals surface area contributed by atoms with Crippen molar-refractivity contribution in [2.75, 3.05) is 16.8 Å². The number of carbonyl (C=O) groups excluding carboxylic acids is 1. The standard InChI is InChI=1S/C14H17N5OS/c1-8-3-5-10(6-4-8)17-13(20)9(2)21-14-18-11(15)7-12(16)19-14/h3-7,9H,1-2H3,(H,17,20)(H4,15,16,18,19). The summed E-state index contributed by atoms with van der Waals surface area (Å²) in [5.41, 5.74) is 13.1. The Morgan fingerprint density at radius 2 is 1.76 bits per heavy atom. The minimum absolute atomic E-state index is 0.131. The Hall–Kier alpha value is -2.28. The fraction of sp³-hybridized carbons (Fsp3) is 0.214. The largest absolute Gasteiger partial charge is 0.383 e. The van der Waals surface area contributed by atoms with E-state index in [9.17, 15) is 4.79 Å². The Morgan fingerprint density at radius 3 is 2.33 bits per heavy atom. The molecule has 0 aliphatic carbocycles. The monoisotopic (exact) mass is 303 g/mol. The molecular weight excluding hydrogens is 286 g/mol. The molecule has 110 valence electrons. The molecule has 6 nitrogen and oxygen atoms in total. The molecule has 0 fully saturated rings. The number of nitrogen functional groups attached to an aromatic ring is 2. The topological polar surface area (TPSA) is 107 Å². The molecule has 21 heavy (non-hydrogen) atoms. The van der Waals surface area contributed by atoms with Crippen molar-refractivity contribution in [3.63, 3.8) is 0 Å². The predicted octanol–water partition coefficient (Wildman–Crippen LogP) is 2.07. The zero-order valence-electron chi connectivity index (χ0n) is 11.8. The number of aromatic nitrogens is 2. The van der Waals surface area contributed by atoms with E-state index >= 15 is 0 Å². The third-order valence-electron chi connectivity index (χ3n) is 2.72. The Balaban J connectivity index is 2.00. The summed E-state index contributed by atoms with van der Waals surface area (Å²) in [5, 5.41) is 2.86. The molecule has 1 unspecified atom stereocenters. The number of nitrogens with one attached hydrogen (secondary N) is 1. The minimum atomic E-state index is -0.368. The van der Waals surface area contributed by atoms with Crippen molar-refractivity contribution in [1.29, 1.82) is 0 Å². The van der Waals surface area contributed by atoms with Gasteiger partial charge in [-0.1, -0.05) is 29.5 Å². The van der Waals surface area contributed by atoms with Crippen molar-refractivity contribution in [3.05, 3.63) is 35.9 Å². The van der Waals surface area contributed by atoms with E-state index < -0.39 is 0 Å². The quantitative estimate of drug-likeness (QED) is 0.589. The molecule has 0 bridgehead atoms. The van der Waals surface area contributed by atoms with E-state index in [2.05, 4.69) is 15.3 Å². The van der Waals surface area contributed by atoms with Gasteiger partial charge in [0.25, 0.3) is 0 Å². The Kier molecular flexibility index (Phi) is 4.64. The second kappa shape index (κ2) is 6.45. The first-order valence-corrected chi connectivity index (χ1v) is 7.26. The van der Waals surface area contributed by atoms with Crippen LogP contribution in [0.5, 0.6) is 0 Å². The molecule has 7 heteroatoms. The van der Waals surface area contributed by atoms with Gasteiger partial charge in [0.2, 0.25) is 5.91 Å². The molecule has 1 atom stereocenters. The molecule has 1 aromatic heterocycles. The van der Waals surface area contributed by atoms with Crippen LogP contribution < -0.4 is 16.8 Å². The van der Waals surface area contributed by atoms with Gasteiger partial charge >= 0.3 is 0 Å². The van der Waals surface area contributed by atoms with Crippen molar-refractivity contribution in [2.24, 2.45) is 0 Å². The van der Waals surface area contributed by atoms with Gasteiger partial charge in [0.05, 0.1) is 5.25 Å². The van der Waals surface area contributed by atoms with Gasteiger partial charge in [-0.3, -0.25) is 4.79 Å². The third-order valence-corrected chi connectivity index (χ3v) is 3.68. The highest BCUT2D eigenvalue weighted by Gasteiger charge is 2.16. The van der Waals surface area contributed by atoms with E-state index in [1.807, 2.05) is 31.2 Å². The molecule has 5 N–H and O–H groups in total. The summed E-state index contributed by atoms with van der Waals surface area (Å²) in [6, 6.07) is 9.07. The zero-order chi connectivity index (χ0) is 15.4. The summed E-state index contributed by atoms with van der Waals surface area (Å²) in [6.45, 7) is 3.77. The van der Waals surface area contributed by atoms with Gasteiger partial charge < -0.3 is 16.8 Å². The van der Waals surface area contributed by atoms with E-state index in [1.54, 1.807) is 6.92 Å². The molecule has 0 aliphatic rings. The lowest BCUT2D eigenvalue weighted by atomic mass is 10.2. The van der Waals surface area contributed by atoms with E-state index in [-0.39, 0.29) is 22.8 Å². The van der Waals surface area contributed by atoms with Crippen LogP contribution in [0.1, 0.15) is 12.5 Å². The third kappa shape index (κ3) is 4.35. The summed E-state index contributed by atoms with van der Waals surface area (Å²) in [6.07, 6.45) is 0. The van der Waals surface area contributed by atoms with Crippen molar-refractivity contribution in [2.45, 2.75) is 24.3 Å². The Bertz CT molecular complexity index is 624. The highest BCUT2D eigenvalue weighted by molar-refractivity contribution is 8.00. The van der Waals surface area contributed by atoms with Crippen LogP contribution in [0.4, 0.5) is 17.3 Å². The van der Waals surface area contributed by atoms with Gasteiger partial charge in [-0.25, -0.2) is 9.97 Å². The lowest BCUT2D eigenvalue weighted by Crippen LogP contribution is -2.22. The molecule has 0 saturated heterocycles. The normalized spacial score (nSPS) is 11.9. The Morgan fingerprint density at radius 1 is 1.19 bits per heavy atom. The number of hydrogen-bond donors (Lipinski definition) is 3. The van der Waals surface area contributed by atoms with E-state index in [1.165, 1.54) is 17.8 Å². The fourth-order valence-corrected chi connectivity index (χ4v) is 2.41. The van der Waals surface area contributed by atoms with Gasteiger partial charge in [0, 0.05) is 11.8 Å². The first-order valence-electron chi connectivity index (χ1n) is 6.38. The van der Waals surface area contributed by atoms with Crippen LogP contribution in [-0.4, -0.2) is 21.1 Å². The predicted molar refractivity (Wildman–Crippen MR) is 86.0 cm³/mol. The molecular formula is C14H17N5OS. The summed E-state index contributed by atoms with van der Waals surface area (Å²) in [7, 11) is 0. The first kappa shape index (κ1) is 15.1. The summed E-state index contributed by atoms with van der Waals surface area (Å²) < 4.78 is 0. The molecule has 1 amide bonds. The second-order valence-corrected chi connectivity index (χ2v) is 5.92. The van der Waals surface area contributed by atoms with Crippen LogP contribution in [0.3, 0.4) is 0 Å². The van der Waals surface area contributed by atoms with Crippen molar-refractivity contribution in [1.82, 2.24) is 9.97 Å². The van der Waals surface area contributed by atoms with Gasteiger partial charge in [0.15, 0.2) is 5.16 Å². The lowest BCUT2D eigenvalue weighted by molar-refractivity contribution is -0.115. The van der Waals surface area contributed by atoms with Crippen molar-refractivity contribution >= 4 is 35.0 Å². The van der Waals surface area contributed by atoms with Crippen molar-refractivity contribution < 1.29 is 4.79 Å². The minimum Gasteiger partial charge on any atom is -0.383 e. The van der Waals surface area contributed by atoms with Gasteiger partial charge in [-0.05, 0) is 26.0 Å². The number of carbonyl (C=O) groups is 1. The number of thioether (sulfide) groups is 1. The molecule has 1 aromatic carbocycles. The molecule has 2 aromatic rings. The van der Waals surface area contributed by atoms with Gasteiger partial charge in [-0.15, -0.1) is 0 Å².